The monoisotopic (exact) mass is 200 g/mol. The molecular weight excluding hydrogens is 184 g/mol. The Labute approximate surface area is 83.2 Å². The zero-order chi connectivity index (χ0) is 10.4. The van der Waals surface area contributed by atoms with E-state index in [1.54, 1.807) is 0 Å². The molecule has 0 radical (unpaired) electrons. The average molecular weight is 200 g/mol. The standard InChI is InChI=1S/C9H16N2O3/c1-14-6-8(12)11-7-4-2-3-5-10-9(7)13/h7H,2-6H2,1H3,(H,10,13)(H,11,12). The van der Waals surface area contributed by atoms with Gasteiger partial charge in [0.25, 0.3) is 0 Å². The third-order valence-corrected chi connectivity index (χ3v) is 2.15. The second-order valence-corrected chi connectivity index (χ2v) is 3.34. The van der Waals surface area contributed by atoms with Gasteiger partial charge in [0.05, 0.1) is 0 Å². The molecule has 1 unspecified atom stereocenters. The van der Waals surface area contributed by atoms with Crippen molar-refractivity contribution in [2.45, 2.75) is 25.3 Å². The largest absolute Gasteiger partial charge is 0.375 e. The fraction of sp³-hybridized carbons (Fsp3) is 0.778. The molecule has 80 valence electrons. The van der Waals surface area contributed by atoms with E-state index in [4.69, 9.17) is 0 Å². The van der Waals surface area contributed by atoms with E-state index in [9.17, 15) is 9.59 Å². The Kier molecular flexibility index (Phi) is 4.39. The predicted molar refractivity (Wildman–Crippen MR) is 50.7 cm³/mol. The van der Waals surface area contributed by atoms with E-state index in [2.05, 4.69) is 15.4 Å². The van der Waals surface area contributed by atoms with Crippen LogP contribution in [0.15, 0.2) is 0 Å². The molecule has 1 aliphatic heterocycles. The third-order valence-electron chi connectivity index (χ3n) is 2.15. The lowest BCUT2D eigenvalue weighted by molar-refractivity contribution is -0.130. The Balaban J connectivity index is 2.40. The van der Waals surface area contributed by atoms with E-state index in [-0.39, 0.29) is 24.5 Å². The first-order chi connectivity index (χ1) is 6.74. The molecule has 0 aromatic heterocycles. The molecule has 1 saturated heterocycles. The van der Waals surface area contributed by atoms with Crippen molar-refractivity contribution >= 4 is 11.8 Å². The summed E-state index contributed by atoms with van der Waals surface area (Å²) in [5, 5.41) is 5.38. The fourth-order valence-corrected chi connectivity index (χ4v) is 1.44. The highest BCUT2D eigenvalue weighted by Crippen LogP contribution is 2.04. The third kappa shape index (κ3) is 3.33. The molecule has 2 N–H and O–H groups in total. The summed E-state index contributed by atoms with van der Waals surface area (Å²) in [5.74, 6) is -0.332. The zero-order valence-corrected chi connectivity index (χ0v) is 8.34. The molecule has 0 spiro atoms. The smallest absolute Gasteiger partial charge is 0.246 e. The van der Waals surface area contributed by atoms with Gasteiger partial charge in [-0.25, -0.2) is 0 Å². The van der Waals surface area contributed by atoms with Crippen molar-refractivity contribution in [3.05, 3.63) is 0 Å². The Morgan fingerprint density at radius 3 is 3.14 bits per heavy atom. The van der Waals surface area contributed by atoms with E-state index < -0.39 is 0 Å². The summed E-state index contributed by atoms with van der Waals surface area (Å²) in [7, 11) is 1.45. The molecule has 1 atom stereocenters. The van der Waals surface area contributed by atoms with Crippen LogP contribution in [0.5, 0.6) is 0 Å². The number of nitrogens with one attached hydrogen (secondary N) is 2. The lowest BCUT2D eigenvalue weighted by atomic mass is 10.1. The summed E-state index contributed by atoms with van der Waals surface area (Å²) in [5.41, 5.74) is 0. The Hall–Kier alpha value is -1.10. The number of hydrogen-bond donors (Lipinski definition) is 2. The first-order valence-corrected chi connectivity index (χ1v) is 4.80. The van der Waals surface area contributed by atoms with Gasteiger partial charge in [-0.05, 0) is 19.3 Å². The maximum atomic E-state index is 11.4. The second-order valence-electron chi connectivity index (χ2n) is 3.34. The number of methoxy groups -OCH3 is 1. The topological polar surface area (TPSA) is 67.4 Å². The highest BCUT2D eigenvalue weighted by Gasteiger charge is 2.21. The van der Waals surface area contributed by atoms with Crippen molar-refractivity contribution in [2.24, 2.45) is 0 Å². The van der Waals surface area contributed by atoms with Crippen LogP contribution in [0.1, 0.15) is 19.3 Å². The van der Waals surface area contributed by atoms with Gasteiger partial charge in [-0.3, -0.25) is 9.59 Å². The fourth-order valence-electron chi connectivity index (χ4n) is 1.44. The minimum absolute atomic E-state index is 0.00375. The van der Waals surface area contributed by atoms with Crippen molar-refractivity contribution in [2.75, 3.05) is 20.3 Å². The summed E-state index contributed by atoms with van der Waals surface area (Å²) in [6.45, 7) is 0.708. The number of amides is 2. The maximum absolute atomic E-state index is 11.4. The Morgan fingerprint density at radius 1 is 1.64 bits per heavy atom. The minimum atomic E-state index is -0.389. The van der Waals surface area contributed by atoms with Gasteiger partial charge in [0.2, 0.25) is 11.8 Å². The van der Waals surface area contributed by atoms with E-state index in [0.29, 0.717) is 13.0 Å². The SMILES string of the molecule is COCC(=O)NC1CCCCNC1=O. The maximum Gasteiger partial charge on any atom is 0.246 e. The summed E-state index contributed by atoms with van der Waals surface area (Å²) < 4.78 is 4.67. The molecule has 0 saturated carbocycles. The van der Waals surface area contributed by atoms with Gasteiger partial charge in [0.15, 0.2) is 0 Å². The molecule has 1 rings (SSSR count). The number of ether oxygens (including phenoxy) is 1. The van der Waals surface area contributed by atoms with E-state index in [1.807, 2.05) is 0 Å². The quantitative estimate of drug-likeness (QED) is 0.640. The van der Waals surface area contributed by atoms with Gasteiger partial charge >= 0.3 is 0 Å². The first-order valence-electron chi connectivity index (χ1n) is 4.80. The number of carbonyl (C=O) groups excluding carboxylic acids is 2. The van der Waals surface area contributed by atoms with Crippen molar-refractivity contribution in [3.8, 4) is 0 Å². The molecule has 0 aliphatic carbocycles. The van der Waals surface area contributed by atoms with Crippen LogP contribution in [0.4, 0.5) is 0 Å². The summed E-state index contributed by atoms with van der Waals surface area (Å²) >= 11 is 0. The highest BCUT2D eigenvalue weighted by atomic mass is 16.5. The lowest BCUT2D eigenvalue weighted by Gasteiger charge is -2.14. The minimum Gasteiger partial charge on any atom is -0.375 e. The number of carbonyl (C=O) groups is 2. The van der Waals surface area contributed by atoms with E-state index in [1.165, 1.54) is 7.11 Å². The molecule has 2 amide bonds. The molecule has 0 aromatic rings. The predicted octanol–water partition coefficient (Wildman–Crippen LogP) is -0.582. The number of rotatable bonds is 3. The first kappa shape index (κ1) is 11.0. The molecular formula is C9H16N2O3. The van der Waals surface area contributed by atoms with Gasteiger partial charge in [0.1, 0.15) is 12.6 Å². The van der Waals surface area contributed by atoms with Crippen molar-refractivity contribution in [1.82, 2.24) is 10.6 Å². The van der Waals surface area contributed by atoms with Crippen molar-refractivity contribution < 1.29 is 14.3 Å². The van der Waals surface area contributed by atoms with Crippen LogP contribution >= 0.6 is 0 Å². The van der Waals surface area contributed by atoms with Crippen LogP contribution in [-0.2, 0) is 14.3 Å². The van der Waals surface area contributed by atoms with Crippen LogP contribution in [0.2, 0.25) is 0 Å². The molecule has 1 aliphatic rings. The summed E-state index contributed by atoms with van der Waals surface area (Å²) in [6, 6.07) is -0.389. The Morgan fingerprint density at radius 2 is 2.43 bits per heavy atom. The average Bonchev–Trinajstić information content (AvgIpc) is 2.33. The van der Waals surface area contributed by atoms with Gasteiger partial charge in [-0.15, -0.1) is 0 Å². The number of hydrogen-bond acceptors (Lipinski definition) is 3. The van der Waals surface area contributed by atoms with Crippen LogP contribution < -0.4 is 10.6 Å². The highest BCUT2D eigenvalue weighted by molar-refractivity contribution is 5.88. The van der Waals surface area contributed by atoms with Crippen LogP contribution in [0.3, 0.4) is 0 Å². The lowest BCUT2D eigenvalue weighted by Crippen LogP contribution is -2.46. The molecule has 1 heterocycles. The summed E-state index contributed by atoms with van der Waals surface area (Å²) in [6.07, 6.45) is 2.64. The van der Waals surface area contributed by atoms with Gasteiger partial charge in [-0.2, -0.15) is 0 Å². The molecule has 0 aromatic carbocycles. The normalized spacial score (nSPS) is 22.4. The second kappa shape index (κ2) is 5.59. The molecule has 14 heavy (non-hydrogen) atoms. The summed E-state index contributed by atoms with van der Waals surface area (Å²) in [4.78, 5) is 22.5. The van der Waals surface area contributed by atoms with Crippen LogP contribution in [-0.4, -0.2) is 38.1 Å². The Bertz CT molecular complexity index is 218. The van der Waals surface area contributed by atoms with E-state index in [0.717, 1.165) is 12.8 Å². The molecule has 5 nitrogen and oxygen atoms in total. The van der Waals surface area contributed by atoms with Crippen LogP contribution in [0.25, 0.3) is 0 Å². The van der Waals surface area contributed by atoms with Crippen LogP contribution in [0, 0.1) is 0 Å². The van der Waals surface area contributed by atoms with E-state index >= 15 is 0 Å². The molecule has 1 fully saturated rings. The van der Waals surface area contributed by atoms with Crippen molar-refractivity contribution in [3.63, 3.8) is 0 Å². The van der Waals surface area contributed by atoms with Gasteiger partial charge < -0.3 is 15.4 Å². The zero-order valence-electron chi connectivity index (χ0n) is 8.34. The van der Waals surface area contributed by atoms with Gasteiger partial charge in [-0.1, -0.05) is 0 Å². The van der Waals surface area contributed by atoms with Crippen molar-refractivity contribution in [1.29, 1.82) is 0 Å². The van der Waals surface area contributed by atoms with Gasteiger partial charge in [0, 0.05) is 13.7 Å². The molecule has 5 heteroatoms. The molecule has 0 bridgehead atoms.